The van der Waals surface area contributed by atoms with E-state index in [1.165, 1.54) is 19.2 Å². The molecule has 1 unspecified atom stereocenters. The van der Waals surface area contributed by atoms with Gasteiger partial charge in [-0.2, -0.15) is 0 Å². The molecule has 0 heterocycles. The quantitative estimate of drug-likeness (QED) is 0.754. The van der Waals surface area contributed by atoms with Crippen molar-refractivity contribution >= 4 is 17.6 Å². The lowest BCUT2D eigenvalue weighted by atomic mass is 9.97. The summed E-state index contributed by atoms with van der Waals surface area (Å²) in [6, 6.07) is 12.2. The van der Waals surface area contributed by atoms with E-state index in [2.05, 4.69) is 5.32 Å². The van der Waals surface area contributed by atoms with Crippen LogP contribution in [0.4, 0.5) is 5.69 Å². The fourth-order valence-corrected chi connectivity index (χ4v) is 2.79. The van der Waals surface area contributed by atoms with Crippen LogP contribution in [0.15, 0.2) is 42.5 Å². The fourth-order valence-electron chi connectivity index (χ4n) is 2.79. The minimum absolute atomic E-state index is 0.0510. The minimum atomic E-state index is -1.08. The van der Waals surface area contributed by atoms with Gasteiger partial charge >= 0.3 is 5.97 Å². The van der Waals surface area contributed by atoms with Gasteiger partial charge in [0.2, 0.25) is 5.91 Å². The molecule has 6 heteroatoms. The van der Waals surface area contributed by atoms with Gasteiger partial charge in [-0.3, -0.25) is 4.79 Å². The van der Waals surface area contributed by atoms with Crippen LogP contribution >= 0.6 is 0 Å². The number of benzene rings is 2. The van der Waals surface area contributed by atoms with Gasteiger partial charge in [0.1, 0.15) is 17.1 Å². The molecule has 26 heavy (non-hydrogen) atoms. The number of anilines is 1. The van der Waals surface area contributed by atoms with Crippen LogP contribution in [0.2, 0.25) is 0 Å². The Morgan fingerprint density at radius 2 is 1.77 bits per heavy atom. The van der Waals surface area contributed by atoms with Gasteiger partial charge < -0.3 is 19.9 Å². The van der Waals surface area contributed by atoms with Crippen molar-refractivity contribution in [2.45, 2.75) is 19.8 Å². The Kier molecular flexibility index (Phi) is 6.60. The largest absolute Gasteiger partial charge is 0.496 e. The van der Waals surface area contributed by atoms with E-state index >= 15 is 0 Å². The highest BCUT2D eigenvalue weighted by molar-refractivity contribution is 5.94. The number of nitrogens with one attached hydrogen (secondary N) is 1. The molecular formula is C20H23NO5. The number of amides is 1. The summed E-state index contributed by atoms with van der Waals surface area (Å²) in [6.07, 6.45) is 1.06. The molecule has 138 valence electrons. The molecule has 2 rings (SSSR count). The first-order chi connectivity index (χ1) is 12.4. The molecule has 0 aliphatic carbocycles. The number of carbonyl (C=O) groups excluding carboxylic acids is 1. The minimum Gasteiger partial charge on any atom is -0.496 e. The Balaban J connectivity index is 1.98. The number of hydrogen-bond acceptors (Lipinski definition) is 4. The summed E-state index contributed by atoms with van der Waals surface area (Å²) in [7, 11) is 3.02. The summed E-state index contributed by atoms with van der Waals surface area (Å²) < 4.78 is 10.4. The topological polar surface area (TPSA) is 84.9 Å². The van der Waals surface area contributed by atoms with Gasteiger partial charge in [-0.25, -0.2) is 4.79 Å². The highest BCUT2D eigenvalue weighted by Gasteiger charge is 2.15. The predicted molar refractivity (Wildman–Crippen MR) is 99.1 cm³/mol. The summed E-state index contributed by atoms with van der Waals surface area (Å²) in [6.45, 7) is 2.00. The van der Waals surface area contributed by atoms with Crippen LogP contribution in [0.25, 0.3) is 0 Å². The molecule has 1 atom stereocenters. The first-order valence-electron chi connectivity index (χ1n) is 8.27. The van der Waals surface area contributed by atoms with E-state index in [4.69, 9.17) is 14.6 Å². The Bertz CT molecular complexity index is 788. The average Bonchev–Trinajstić information content (AvgIpc) is 2.61. The van der Waals surface area contributed by atoms with Gasteiger partial charge in [-0.15, -0.1) is 0 Å². The van der Waals surface area contributed by atoms with Gasteiger partial charge in [0, 0.05) is 18.2 Å². The van der Waals surface area contributed by atoms with Crippen molar-refractivity contribution in [3.63, 3.8) is 0 Å². The Morgan fingerprint density at radius 3 is 2.42 bits per heavy atom. The molecule has 0 aliphatic heterocycles. The molecule has 0 saturated heterocycles. The highest BCUT2D eigenvalue weighted by Crippen LogP contribution is 2.25. The van der Waals surface area contributed by atoms with Gasteiger partial charge in [0.05, 0.1) is 14.2 Å². The number of carboxylic acid groups (broad SMARTS) is 1. The van der Waals surface area contributed by atoms with Crippen LogP contribution in [0.3, 0.4) is 0 Å². The summed E-state index contributed by atoms with van der Waals surface area (Å²) in [4.78, 5) is 23.4. The average molecular weight is 357 g/mol. The van der Waals surface area contributed by atoms with Crippen LogP contribution < -0.4 is 14.8 Å². The normalized spacial score (nSPS) is 11.5. The SMILES string of the molecule is COc1ccccc1CC(C)CC(=O)Nc1ccc(C(=O)O)c(OC)c1. The van der Waals surface area contributed by atoms with Crippen LogP contribution in [0, 0.1) is 5.92 Å². The molecule has 0 aliphatic rings. The maximum atomic E-state index is 12.3. The Hall–Kier alpha value is -3.02. The van der Waals surface area contributed by atoms with E-state index in [0.29, 0.717) is 12.1 Å². The lowest BCUT2D eigenvalue weighted by molar-refractivity contribution is -0.116. The number of rotatable bonds is 8. The van der Waals surface area contributed by atoms with Gasteiger partial charge in [-0.1, -0.05) is 25.1 Å². The van der Waals surface area contributed by atoms with Crippen molar-refractivity contribution in [2.24, 2.45) is 5.92 Å². The van der Waals surface area contributed by atoms with Crippen molar-refractivity contribution in [2.75, 3.05) is 19.5 Å². The number of carboxylic acids is 1. The Labute approximate surface area is 152 Å². The third kappa shape index (κ3) is 4.99. The van der Waals surface area contributed by atoms with Gasteiger partial charge in [-0.05, 0) is 36.1 Å². The van der Waals surface area contributed by atoms with Crippen molar-refractivity contribution in [3.05, 3.63) is 53.6 Å². The molecule has 0 fully saturated rings. The predicted octanol–water partition coefficient (Wildman–Crippen LogP) is 3.61. The van der Waals surface area contributed by atoms with Gasteiger partial charge in [0.15, 0.2) is 0 Å². The second kappa shape index (κ2) is 8.89. The number of carbonyl (C=O) groups is 2. The Morgan fingerprint density at radius 1 is 1.08 bits per heavy atom. The molecule has 2 N–H and O–H groups in total. The van der Waals surface area contributed by atoms with Crippen molar-refractivity contribution < 1.29 is 24.2 Å². The number of para-hydroxylation sites is 1. The maximum absolute atomic E-state index is 12.3. The molecule has 1 amide bonds. The summed E-state index contributed by atoms with van der Waals surface area (Å²) in [5, 5.41) is 11.9. The number of aromatic carboxylic acids is 1. The van der Waals surface area contributed by atoms with E-state index in [1.54, 1.807) is 13.2 Å². The molecule has 0 radical (unpaired) electrons. The molecule has 0 spiro atoms. The lowest BCUT2D eigenvalue weighted by Gasteiger charge is -2.14. The molecule has 2 aromatic rings. The van der Waals surface area contributed by atoms with Crippen LogP contribution in [0.5, 0.6) is 11.5 Å². The van der Waals surface area contributed by atoms with E-state index in [0.717, 1.165) is 17.7 Å². The number of hydrogen-bond donors (Lipinski definition) is 2. The smallest absolute Gasteiger partial charge is 0.339 e. The first kappa shape index (κ1) is 19.3. The lowest BCUT2D eigenvalue weighted by Crippen LogP contribution is -2.16. The zero-order valence-electron chi connectivity index (χ0n) is 15.1. The molecule has 0 saturated carbocycles. The summed E-state index contributed by atoms with van der Waals surface area (Å²) in [5.41, 5.74) is 1.61. The van der Waals surface area contributed by atoms with E-state index in [-0.39, 0.29) is 23.1 Å². The van der Waals surface area contributed by atoms with E-state index in [1.807, 2.05) is 31.2 Å². The number of ether oxygens (including phenoxy) is 2. The molecule has 0 aromatic heterocycles. The molecule has 6 nitrogen and oxygen atoms in total. The monoisotopic (exact) mass is 357 g/mol. The third-order valence-electron chi connectivity index (χ3n) is 4.01. The third-order valence-corrected chi connectivity index (χ3v) is 4.01. The van der Waals surface area contributed by atoms with E-state index < -0.39 is 5.97 Å². The highest BCUT2D eigenvalue weighted by atomic mass is 16.5. The second-order valence-electron chi connectivity index (χ2n) is 6.09. The maximum Gasteiger partial charge on any atom is 0.339 e. The fraction of sp³-hybridized carbons (Fsp3) is 0.300. The standard InChI is InChI=1S/C20H23NO5/c1-13(10-14-6-4-5-7-17(14)25-2)11-19(22)21-15-8-9-16(20(23)24)18(12-15)26-3/h4-9,12-13H,10-11H2,1-3H3,(H,21,22)(H,23,24). The summed E-state index contributed by atoms with van der Waals surface area (Å²) >= 11 is 0. The second-order valence-corrected chi connectivity index (χ2v) is 6.09. The molecule has 2 aromatic carbocycles. The molecular weight excluding hydrogens is 334 g/mol. The zero-order valence-corrected chi connectivity index (χ0v) is 15.1. The first-order valence-corrected chi connectivity index (χ1v) is 8.27. The molecule has 0 bridgehead atoms. The van der Waals surface area contributed by atoms with Crippen LogP contribution in [-0.4, -0.2) is 31.2 Å². The van der Waals surface area contributed by atoms with Crippen LogP contribution in [-0.2, 0) is 11.2 Å². The zero-order chi connectivity index (χ0) is 19.1. The van der Waals surface area contributed by atoms with Crippen molar-refractivity contribution in [1.82, 2.24) is 0 Å². The summed E-state index contributed by atoms with van der Waals surface area (Å²) in [5.74, 6) is -0.0831. The number of methoxy groups -OCH3 is 2. The van der Waals surface area contributed by atoms with Crippen molar-refractivity contribution in [3.8, 4) is 11.5 Å². The van der Waals surface area contributed by atoms with Crippen LogP contribution in [0.1, 0.15) is 29.3 Å². The van der Waals surface area contributed by atoms with Gasteiger partial charge in [0.25, 0.3) is 0 Å². The van der Waals surface area contributed by atoms with E-state index in [9.17, 15) is 9.59 Å². The van der Waals surface area contributed by atoms with Crippen molar-refractivity contribution in [1.29, 1.82) is 0 Å².